The van der Waals surface area contributed by atoms with E-state index >= 15 is 0 Å². The van der Waals surface area contributed by atoms with Gasteiger partial charge in [0.05, 0.1) is 0 Å². The third-order valence-corrected chi connectivity index (χ3v) is 4.13. The fourth-order valence-electron chi connectivity index (χ4n) is 2.58. The predicted molar refractivity (Wildman–Crippen MR) is 103 cm³/mol. The Hall–Kier alpha value is -3.28. The lowest BCUT2D eigenvalue weighted by atomic mass is 10.1. The quantitative estimate of drug-likeness (QED) is 0.673. The summed E-state index contributed by atoms with van der Waals surface area (Å²) in [6.07, 6.45) is 1.86. The smallest absolute Gasteiger partial charge is 0.270 e. The van der Waals surface area contributed by atoms with E-state index in [1.807, 2.05) is 31.2 Å². The van der Waals surface area contributed by atoms with Crippen LogP contribution < -0.4 is 10.6 Å². The topological polar surface area (TPSA) is 66.9 Å². The molecule has 138 valence electrons. The van der Waals surface area contributed by atoms with Crippen molar-refractivity contribution in [2.75, 3.05) is 11.9 Å². The summed E-state index contributed by atoms with van der Waals surface area (Å²) in [7, 11) is 0. The lowest BCUT2D eigenvalue weighted by molar-refractivity contribution is 0.0946. The van der Waals surface area contributed by atoms with Gasteiger partial charge in [0, 0.05) is 19.2 Å². The molecule has 0 saturated heterocycles. The molecule has 3 aromatic rings. The Kier molecular flexibility index (Phi) is 6.10. The minimum Gasteiger partial charge on any atom is -0.370 e. The number of amides is 1. The van der Waals surface area contributed by atoms with Gasteiger partial charge < -0.3 is 10.6 Å². The van der Waals surface area contributed by atoms with E-state index in [0.717, 1.165) is 5.56 Å². The molecule has 0 unspecified atom stereocenters. The van der Waals surface area contributed by atoms with E-state index in [9.17, 15) is 9.18 Å². The first kappa shape index (κ1) is 18.5. The van der Waals surface area contributed by atoms with Gasteiger partial charge in [0.25, 0.3) is 5.91 Å². The maximum atomic E-state index is 13.6. The van der Waals surface area contributed by atoms with E-state index in [1.54, 1.807) is 24.3 Å². The fraction of sp³-hybridized carbons (Fsp3) is 0.190. The summed E-state index contributed by atoms with van der Waals surface area (Å²) >= 11 is 0. The van der Waals surface area contributed by atoms with Gasteiger partial charge in [0.2, 0.25) is 0 Å². The number of rotatable bonds is 7. The molecule has 0 saturated carbocycles. The van der Waals surface area contributed by atoms with Crippen molar-refractivity contribution in [2.24, 2.45) is 0 Å². The Balaban J connectivity index is 1.53. The third-order valence-electron chi connectivity index (χ3n) is 4.13. The summed E-state index contributed by atoms with van der Waals surface area (Å²) in [5.74, 6) is 0.0371. The standard InChI is InChI=1S/C21H21FN4O/c1-15-6-8-16(9-7-15)13-24-21(27)19-12-20(26-14-25-19)23-11-10-17-4-2-3-5-18(17)22/h2-9,12,14H,10-11,13H2,1H3,(H,24,27)(H,23,25,26). The van der Waals surface area contributed by atoms with Gasteiger partial charge in [-0.15, -0.1) is 0 Å². The maximum Gasteiger partial charge on any atom is 0.270 e. The molecular formula is C21H21FN4O. The van der Waals surface area contributed by atoms with Gasteiger partial charge in [-0.05, 0) is 30.5 Å². The number of anilines is 1. The Bertz CT molecular complexity index is 912. The number of hydrogen-bond acceptors (Lipinski definition) is 4. The van der Waals surface area contributed by atoms with Crippen LogP contribution in [-0.2, 0) is 13.0 Å². The number of aromatic nitrogens is 2. The van der Waals surface area contributed by atoms with Crippen molar-refractivity contribution >= 4 is 11.7 Å². The summed E-state index contributed by atoms with van der Waals surface area (Å²) < 4.78 is 13.6. The molecule has 5 nitrogen and oxygen atoms in total. The zero-order chi connectivity index (χ0) is 19.1. The SMILES string of the molecule is Cc1ccc(CNC(=O)c2cc(NCCc3ccccc3F)ncn2)cc1. The van der Waals surface area contributed by atoms with Crippen molar-refractivity contribution in [3.8, 4) is 0 Å². The molecule has 0 bridgehead atoms. The van der Waals surface area contributed by atoms with Crippen molar-refractivity contribution in [3.63, 3.8) is 0 Å². The van der Waals surface area contributed by atoms with Crippen LogP contribution in [0.1, 0.15) is 27.2 Å². The van der Waals surface area contributed by atoms with Crippen LogP contribution in [0.4, 0.5) is 10.2 Å². The van der Waals surface area contributed by atoms with E-state index < -0.39 is 0 Å². The number of halogens is 1. The van der Waals surface area contributed by atoms with Crippen LogP contribution in [0.25, 0.3) is 0 Å². The molecule has 0 spiro atoms. The first-order valence-electron chi connectivity index (χ1n) is 8.75. The minimum atomic E-state index is -0.268. The van der Waals surface area contributed by atoms with Gasteiger partial charge in [-0.25, -0.2) is 14.4 Å². The number of carbonyl (C=O) groups is 1. The largest absolute Gasteiger partial charge is 0.370 e. The summed E-state index contributed by atoms with van der Waals surface area (Å²) in [4.78, 5) is 20.4. The molecule has 27 heavy (non-hydrogen) atoms. The average molecular weight is 364 g/mol. The summed E-state index contributed by atoms with van der Waals surface area (Å²) in [6.45, 7) is 2.95. The highest BCUT2D eigenvalue weighted by Gasteiger charge is 2.09. The van der Waals surface area contributed by atoms with Crippen molar-refractivity contribution in [3.05, 3.63) is 89.1 Å². The maximum absolute atomic E-state index is 13.6. The molecule has 1 heterocycles. The van der Waals surface area contributed by atoms with Gasteiger partial charge in [-0.2, -0.15) is 0 Å². The van der Waals surface area contributed by atoms with Crippen LogP contribution in [-0.4, -0.2) is 22.4 Å². The highest BCUT2D eigenvalue weighted by Crippen LogP contribution is 2.09. The molecule has 0 aliphatic rings. The second kappa shape index (κ2) is 8.89. The summed E-state index contributed by atoms with van der Waals surface area (Å²) in [6, 6.07) is 16.2. The molecule has 0 atom stereocenters. The zero-order valence-electron chi connectivity index (χ0n) is 15.1. The van der Waals surface area contributed by atoms with E-state index in [4.69, 9.17) is 0 Å². The number of carbonyl (C=O) groups excluding carboxylic acids is 1. The first-order chi connectivity index (χ1) is 13.1. The molecule has 0 aliphatic carbocycles. The van der Waals surface area contributed by atoms with Crippen LogP contribution in [0.2, 0.25) is 0 Å². The van der Waals surface area contributed by atoms with Crippen molar-refractivity contribution < 1.29 is 9.18 Å². The number of hydrogen-bond donors (Lipinski definition) is 2. The van der Waals surface area contributed by atoms with Crippen molar-refractivity contribution in [1.82, 2.24) is 15.3 Å². The molecule has 0 radical (unpaired) electrons. The van der Waals surface area contributed by atoms with Crippen LogP contribution in [0.3, 0.4) is 0 Å². The molecule has 3 rings (SSSR count). The van der Waals surface area contributed by atoms with Crippen molar-refractivity contribution in [1.29, 1.82) is 0 Å². The van der Waals surface area contributed by atoms with Gasteiger partial charge >= 0.3 is 0 Å². The molecule has 2 aromatic carbocycles. The monoisotopic (exact) mass is 364 g/mol. The van der Waals surface area contributed by atoms with E-state index in [0.29, 0.717) is 30.9 Å². The zero-order valence-corrected chi connectivity index (χ0v) is 15.1. The van der Waals surface area contributed by atoms with E-state index in [2.05, 4.69) is 20.6 Å². The number of benzene rings is 2. The predicted octanol–water partition coefficient (Wildman–Crippen LogP) is 3.51. The molecule has 0 aliphatic heterocycles. The normalized spacial score (nSPS) is 10.4. The van der Waals surface area contributed by atoms with Gasteiger partial charge in [-0.1, -0.05) is 48.0 Å². The van der Waals surface area contributed by atoms with Gasteiger partial charge in [0.1, 0.15) is 23.7 Å². The van der Waals surface area contributed by atoms with Crippen LogP contribution in [0.5, 0.6) is 0 Å². The minimum absolute atomic E-state index is 0.224. The molecule has 1 amide bonds. The highest BCUT2D eigenvalue weighted by atomic mass is 19.1. The molecular weight excluding hydrogens is 343 g/mol. The van der Waals surface area contributed by atoms with Crippen LogP contribution >= 0.6 is 0 Å². The van der Waals surface area contributed by atoms with E-state index in [1.165, 1.54) is 18.0 Å². The average Bonchev–Trinajstić information content (AvgIpc) is 2.69. The highest BCUT2D eigenvalue weighted by molar-refractivity contribution is 5.92. The third kappa shape index (κ3) is 5.34. The second-order valence-electron chi connectivity index (χ2n) is 6.22. The van der Waals surface area contributed by atoms with E-state index in [-0.39, 0.29) is 17.4 Å². The lowest BCUT2D eigenvalue weighted by Crippen LogP contribution is -2.24. The van der Waals surface area contributed by atoms with Gasteiger partial charge in [0.15, 0.2) is 0 Å². The van der Waals surface area contributed by atoms with Gasteiger partial charge in [-0.3, -0.25) is 4.79 Å². The molecule has 6 heteroatoms. The Morgan fingerprint density at radius 2 is 1.85 bits per heavy atom. The van der Waals surface area contributed by atoms with Crippen LogP contribution in [0.15, 0.2) is 60.9 Å². The second-order valence-corrected chi connectivity index (χ2v) is 6.22. The Labute approximate surface area is 157 Å². The number of nitrogens with zero attached hydrogens (tertiary/aromatic N) is 2. The molecule has 1 aromatic heterocycles. The van der Waals surface area contributed by atoms with Crippen LogP contribution in [0, 0.1) is 12.7 Å². The first-order valence-corrected chi connectivity index (χ1v) is 8.75. The lowest BCUT2D eigenvalue weighted by Gasteiger charge is -2.08. The fourth-order valence-corrected chi connectivity index (χ4v) is 2.58. The molecule has 2 N–H and O–H groups in total. The number of nitrogens with one attached hydrogen (secondary N) is 2. The molecule has 0 fully saturated rings. The summed E-state index contributed by atoms with van der Waals surface area (Å²) in [5, 5.41) is 5.94. The van der Waals surface area contributed by atoms with Crippen molar-refractivity contribution in [2.45, 2.75) is 19.9 Å². The summed E-state index contributed by atoms with van der Waals surface area (Å²) in [5.41, 5.74) is 3.11. The number of aryl methyl sites for hydroxylation is 1. The Morgan fingerprint density at radius 1 is 1.07 bits per heavy atom. The Morgan fingerprint density at radius 3 is 2.63 bits per heavy atom.